The molecule has 68 valence electrons. The SMILES string of the molecule is O=C1CCN(Cc2cscn2)C1=O. The highest BCUT2D eigenvalue weighted by molar-refractivity contribution is 7.07. The second kappa shape index (κ2) is 3.26. The number of carbonyl (C=O) groups excluding carboxylic acids is 2. The Morgan fingerprint density at radius 2 is 2.38 bits per heavy atom. The third-order valence-electron chi connectivity index (χ3n) is 1.97. The first-order valence-corrected chi connectivity index (χ1v) is 4.91. The van der Waals surface area contributed by atoms with Crippen molar-refractivity contribution in [3.8, 4) is 0 Å². The van der Waals surface area contributed by atoms with Crippen molar-refractivity contribution in [3.05, 3.63) is 16.6 Å². The van der Waals surface area contributed by atoms with Crippen molar-refractivity contribution < 1.29 is 9.59 Å². The Kier molecular flexibility index (Phi) is 2.10. The van der Waals surface area contributed by atoms with Gasteiger partial charge in [-0.15, -0.1) is 11.3 Å². The maximum absolute atomic E-state index is 11.2. The van der Waals surface area contributed by atoms with Gasteiger partial charge in [0.1, 0.15) is 0 Å². The van der Waals surface area contributed by atoms with Crippen molar-refractivity contribution in [1.29, 1.82) is 0 Å². The summed E-state index contributed by atoms with van der Waals surface area (Å²) >= 11 is 1.49. The van der Waals surface area contributed by atoms with Crippen LogP contribution in [0, 0.1) is 0 Å². The van der Waals surface area contributed by atoms with Gasteiger partial charge in [-0.3, -0.25) is 9.59 Å². The third-order valence-corrected chi connectivity index (χ3v) is 2.61. The molecule has 1 aliphatic rings. The first-order valence-electron chi connectivity index (χ1n) is 3.96. The zero-order chi connectivity index (χ0) is 9.26. The fraction of sp³-hybridized carbons (Fsp3) is 0.375. The van der Waals surface area contributed by atoms with Crippen molar-refractivity contribution >= 4 is 23.0 Å². The molecule has 1 aromatic heterocycles. The van der Waals surface area contributed by atoms with Crippen LogP contribution < -0.4 is 0 Å². The molecule has 0 unspecified atom stereocenters. The quantitative estimate of drug-likeness (QED) is 0.645. The lowest BCUT2D eigenvalue weighted by molar-refractivity contribution is -0.140. The molecule has 2 rings (SSSR count). The van der Waals surface area contributed by atoms with Crippen LogP contribution in [0.3, 0.4) is 0 Å². The predicted octanol–water partition coefficient (Wildman–Crippen LogP) is 0.445. The minimum absolute atomic E-state index is 0.282. The largest absolute Gasteiger partial charge is 0.330 e. The first kappa shape index (κ1) is 8.37. The van der Waals surface area contributed by atoms with Gasteiger partial charge < -0.3 is 4.90 Å². The molecule has 0 saturated carbocycles. The van der Waals surface area contributed by atoms with E-state index in [1.807, 2.05) is 5.38 Å². The van der Waals surface area contributed by atoms with Gasteiger partial charge in [-0.2, -0.15) is 0 Å². The van der Waals surface area contributed by atoms with Gasteiger partial charge in [0, 0.05) is 18.3 Å². The molecule has 1 aromatic rings. The maximum Gasteiger partial charge on any atom is 0.290 e. The normalized spacial score (nSPS) is 17.1. The zero-order valence-corrected chi connectivity index (χ0v) is 7.71. The number of Topliss-reactive ketones (excluding diaryl/α,β-unsaturated/α-hetero) is 1. The Morgan fingerprint density at radius 1 is 1.54 bits per heavy atom. The summed E-state index contributed by atoms with van der Waals surface area (Å²) in [4.78, 5) is 27.7. The smallest absolute Gasteiger partial charge is 0.290 e. The Labute approximate surface area is 79.2 Å². The van der Waals surface area contributed by atoms with Crippen LogP contribution in [0.15, 0.2) is 10.9 Å². The van der Waals surface area contributed by atoms with Gasteiger partial charge in [0.25, 0.3) is 5.91 Å². The lowest BCUT2D eigenvalue weighted by atomic mass is 10.3. The van der Waals surface area contributed by atoms with E-state index in [2.05, 4.69) is 4.98 Å². The van der Waals surface area contributed by atoms with Crippen molar-refractivity contribution in [2.75, 3.05) is 6.54 Å². The summed E-state index contributed by atoms with van der Waals surface area (Å²) < 4.78 is 0. The van der Waals surface area contributed by atoms with E-state index in [0.717, 1.165) is 5.69 Å². The number of thiazole rings is 1. The van der Waals surface area contributed by atoms with Crippen LogP contribution in [0.4, 0.5) is 0 Å². The number of ketones is 1. The second-order valence-corrected chi connectivity index (χ2v) is 3.60. The summed E-state index contributed by atoms with van der Waals surface area (Å²) in [6, 6.07) is 0. The van der Waals surface area contributed by atoms with Gasteiger partial charge in [0.15, 0.2) is 0 Å². The third kappa shape index (κ3) is 1.60. The molecule has 1 amide bonds. The summed E-state index contributed by atoms with van der Waals surface area (Å²) in [5, 5.41) is 1.88. The number of likely N-dealkylation sites (tertiary alicyclic amines) is 1. The minimum atomic E-state index is -0.368. The number of amides is 1. The highest BCUT2D eigenvalue weighted by Gasteiger charge is 2.29. The minimum Gasteiger partial charge on any atom is -0.330 e. The summed E-state index contributed by atoms with van der Waals surface area (Å²) in [7, 11) is 0. The van der Waals surface area contributed by atoms with E-state index in [0.29, 0.717) is 19.5 Å². The van der Waals surface area contributed by atoms with Crippen LogP contribution in [-0.4, -0.2) is 28.1 Å². The second-order valence-electron chi connectivity index (χ2n) is 2.88. The standard InChI is InChI=1S/C8H8N2O2S/c11-7-1-2-10(8(7)12)3-6-4-13-5-9-6/h4-5H,1-3H2. The highest BCUT2D eigenvalue weighted by atomic mass is 32.1. The first-order chi connectivity index (χ1) is 6.27. The molecule has 0 radical (unpaired) electrons. The van der Waals surface area contributed by atoms with E-state index >= 15 is 0 Å². The average molecular weight is 196 g/mol. The number of hydrogen-bond donors (Lipinski definition) is 0. The molecule has 1 aliphatic heterocycles. The van der Waals surface area contributed by atoms with Crippen molar-refractivity contribution in [3.63, 3.8) is 0 Å². The summed E-state index contributed by atoms with van der Waals surface area (Å²) in [5.41, 5.74) is 2.57. The molecule has 0 aliphatic carbocycles. The number of nitrogens with zero attached hydrogens (tertiary/aromatic N) is 2. The molecule has 1 saturated heterocycles. The molecule has 0 bridgehead atoms. The van der Waals surface area contributed by atoms with E-state index in [9.17, 15) is 9.59 Å². The van der Waals surface area contributed by atoms with E-state index in [1.165, 1.54) is 16.2 Å². The number of carbonyl (C=O) groups is 2. The topological polar surface area (TPSA) is 50.3 Å². The number of hydrogen-bond acceptors (Lipinski definition) is 4. The fourth-order valence-corrected chi connectivity index (χ4v) is 1.83. The maximum atomic E-state index is 11.2. The van der Waals surface area contributed by atoms with Crippen molar-refractivity contribution in [2.45, 2.75) is 13.0 Å². The lowest BCUT2D eigenvalue weighted by Crippen LogP contribution is -2.26. The van der Waals surface area contributed by atoms with Crippen molar-refractivity contribution in [1.82, 2.24) is 9.88 Å². The van der Waals surface area contributed by atoms with Gasteiger partial charge in [-0.05, 0) is 0 Å². The molecule has 4 nitrogen and oxygen atoms in total. The predicted molar refractivity (Wildman–Crippen MR) is 47.2 cm³/mol. The van der Waals surface area contributed by atoms with Gasteiger partial charge in [-0.25, -0.2) is 4.98 Å². The fourth-order valence-electron chi connectivity index (χ4n) is 1.28. The molecule has 1 fully saturated rings. The van der Waals surface area contributed by atoms with Crippen LogP contribution in [0.5, 0.6) is 0 Å². The Balaban J connectivity index is 2.04. The van der Waals surface area contributed by atoms with Gasteiger partial charge >= 0.3 is 0 Å². The van der Waals surface area contributed by atoms with Crippen LogP contribution >= 0.6 is 11.3 Å². The zero-order valence-electron chi connectivity index (χ0n) is 6.90. The number of aromatic nitrogens is 1. The monoisotopic (exact) mass is 196 g/mol. The van der Waals surface area contributed by atoms with Crippen LogP contribution in [-0.2, 0) is 16.1 Å². The van der Waals surface area contributed by atoms with E-state index < -0.39 is 0 Å². The Bertz CT molecular complexity index is 334. The molecule has 0 atom stereocenters. The average Bonchev–Trinajstić information content (AvgIpc) is 2.71. The summed E-state index contributed by atoms with van der Waals surface area (Å²) in [6.45, 7) is 1.00. The Morgan fingerprint density at radius 3 is 2.92 bits per heavy atom. The van der Waals surface area contributed by atoms with Gasteiger partial charge in [-0.1, -0.05) is 0 Å². The molecule has 0 spiro atoms. The summed E-state index contributed by atoms with van der Waals surface area (Å²) in [6.07, 6.45) is 0.350. The van der Waals surface area contributed by atoms with Crippen molar-refractivity contribution in [2.24, 2.45) is 0 Å². The molecule has 2 heterocycles. The molecular weight excluding hydrogens is 188 g/mol. The van der Waals surface area contributed by atoms with Gasteiger partial charge in [0.05, 0.1) is 17.7 Å². The molecular formula is C8H8N2O2S. The molecule has 13 heavy (non-hydrogen) atoms. The molecule has 5 heteroatoms. The Hall–Kier alpha value is -1.23. The number of rotatable bonds is 2. The van der Waals surface area contributed by atoms with Crippen LogP contribution in [0.25, 0.3) is 0 Å². The lowest BCUT2D eigenvalue weighted by Gasteiger charge is -2.11. The highest BCUT2D eigenvalue weighted by Crippen LogP contribution is 2.11. The van der Waals surface area contributed by atoms with Crippen LogP contribution in [0.1, 0.15) is 12.1 Å². The van der Waals surface area contributed by atoms with E-state index in [1.54, 1.807) is 5.51 Å². The van der Waals surface area contributed by atoms with E-state index in [4.69, 9.17) is 0 Å². The van der Waals surface area contributed by atoms with E-state index in [-0.39, 0.29) is 11.7 Å². The molecule has 0 N–H and O–H groups in total. The van der Waals surface area contributed by atoms with Gasteiger partial charge in [0.2, 0.25) is 5.78 Å². The van der Waals surface area contributed by atoms with Crippen LogP contribution in [0.2, 0.25) is 0 Å². The molecule has 0 aromatic carbocycles. The summed E-state index contributed by atoms with van der Waals surface area (Å²) in [5.74, 6) is -0.650.